The lowest BCUT2D eigenvalue weighted by molar-refractivity contribution is 0.261. The summed E-state index contributed by atoms with van der Waals surface area (Å²) in [6.45, 7) is 1.61. The van der Waals surface area contributed by atoms with Crippen LogP contribution in [-0.4, -0.2) is 43.9 Å². The average molecular weight is 233 g/mol. The minimum absolute atomic E-state index is 0.0939. The van der Waals surface area contributed by atoms with Gasteiger partial charge in [-0.1, -0.05) is 24.0 Å². The number of aliphatic hydroxyl groups is 1. The molecule has 0 aliphatic carbocycles. The van der Waals surface area contributed by atoms with Crippen LogP contribution in [0.5, 0.6) is 5.75 Å². The van der Waals surface area contributed by atoms with Crippen LogP contribution in [0.15, 0.2) is 24.3 Å². The smallest absolute Gasteiger partial charge is 0.134 e. The van der Waals surface area contributed by atoms with Crippen LogP contribution in [0, 0.1) is 11.8 Å². The number of ether oxygens (including phenoxy) is 1. The first-order chi connectivity index (χ1) is 8.24. The van der Waals surface area contributed by atoms with Crippen molar-refractivity contribution in [2.45, 2.75) is 6.42 Å². The molecule has 0 aliphatic rings. The van der Waals surface area contributed by atoms with Crippen molar-refractivity contribution in [2.75, 3.05) is 33.9 Å². The van der Waals surface area contributed by atoms with Crippen molar-refractivity contribution in [1.82, 2.24) is 4.90 Å². The molecule has 1 aromatic rings. The summed E-state index contributed by atoms with van der Waals surface area (Å²) in [5.74, 6) is 6.71. The maximum absolute atomic E-state index is 8.68. The molecule has 0 atom stereocenters. The SMILES string of the molecule is CN(C)CCOc1ccccc1C#CCCO. The van der Waals surface area contributed by atoms with E-state index in [9.17, 15) is 0 Å². The molecule has 0 aliphatic heterocycles. The van der Waals surface area contributed by atoms with Crippen LogP contribution in [0.2, 0.25) is 0 Å². The Kier molecular flexibility index (Phi) is 6.16. The molecule has 17 heavy (non-hydrogen) atoms. The highest BCUT2D eigenvalue weighted by Gasteiger charge is 1.99. The fourth-order valence-electron chi connectivity index (χ4n) is 1.25. The second kappa shape index (κ2) is 7.72. The van der Waals surface area contributed by atoms with Crippen molar-refractivity contribution in [3.8, 4) is 17.6 Å². The van der Waals surface area contributed by atoms with Gasteiger partial charge < -0.3 is 14.7 Å². The van der Waals surface area contributed by atoms with Crippen molar-refractivity contribution < 1.29 is 9.84 Å². The highest BCUT2D eigenvalue weighted by molar-refractivity contribution is 5.45. The zero-order valence-electron chi connectivity index (χ0n) is 10.4. The van der Waals surface area contributed by atoms with E-state index < -0.39 is 0 Å². The van der Waals surface area contributed by atoms with E-state index >= 15 is 0 Å². The van der Waals surface area contributed by atoms with Crippen LogP contribution in [-0.2, 0) is 0 Å². The molecule has 1 N–H and O–H groups in total. The molecule has 0 spiro atoms. The van der Waals surface area contributed by atoms with E-state index in [4.69, 9.17) is 9.84 Å². The Morgan fingerprint density at radius 2 is 2.06 bits per heavy atom. The monoisotopic (exact) mass is 233 g/mol. The second-order valence-corrected chi connectivity index (χ2v) is 3.92. The summed E-state index contributed by atoms with van der Waals surface area (Å²) in [5, 5.41) is 8.68. The molecule has 0 amide bonds. The van der Waals surface area contributed by atoms with Gasteiger partial charge in [0.2, 0.25) is 0 Å². The van der Waals surface area contributed by atoms with E-state index in [2.05, 4.69) is 16.7 Å². The van der Waals surface area contributed by atoms with Crippen molar-refractivity contribution >= 4 is 0 Å². The lowest BCUT2D eigenvalue weighted by atomic mass is 10.2. The highest BCUT2D eigenvalue weighted by Crippen LogP contribution is 2.16. The van der Waals surface area contributed by atoms with Crippen LogP contribution in [0.1, 0.15) is 12.0 Å². The molecule has 0 unspecified atom stereocenters. The number of para-hydroxylation sites is 1. The molecule has 0 saturated heterocycles. The summed E-state index contributed by atoms with van der Waals surface area (Å²) in [5.41, 5.74) is 0.875. The number of likely N-dealkylation sites (N-methyl/N-ethyl adjacent to an activating group) is 1. The predicted molar refractivity (Wildman–Crippen MR) is 69.1 cm³/mol. The van der Waals surface area contributed by atoms with Crippen LogP contribution >= 0.6 is 0 Å². The molecule has 0 bridgehead atoms. The summed E-state index contributed by atoms with van der Waals surface area (Å²) >= 11 is 0. The molecule has 0 aromatic heterocycles. The number of hydrogen-bond donors (Lipinski definition) is 1. The molecule has 0 heterocycles. The van der Waals surface area contributed by atoms with E-state index in [0.717, 1.165) is 17.9 Å². The molecule has 0 saturated carbocycles. The van der Waals surface area contributed by atoms with Crippen LogP contribution in [0.3, 0.4) is 0 Å². The molecular weight excluding hydrogens is 214 g/mol. The summed E-state index contributed by atoms with van der Waals surface area (Å²) in [4.78, 5) is 2.07. The Morgan fingerprint density at radius 1 is 1.29 bits per heavy atom. The largest absolute Gasteiger partial charge is 0.491 e. The molecule has 3 heteroatoms. The van der Waals surface area contributed by atoms with Crippen LogP contribution < -0.4 is 4.74 Å². The third kappa shape index (κ3) is 5.39. The fraction of sp³-hybridized carbons (Fsp3) is 0.429. The van der Waals surface area contributed by atoms with E-state index in [1.165, 1.54) is 0 Å². The number of aliphatic hydroxyl groups excluding tert-OH is 1. The Labute approximate surface area is 103 Å². The van der Waals surface area contributed by atoms with Crippen LogP contribution in [0.4, 0.5) is 0 Å². The lowest BCUT2D eigenvalue weighted by Gasteiger charge is -2.11. The van der Waals surface area contributed by atoms with Gasteiger partial charge >= 0.3 is 0 Å². The highest BCUT2D eigenvalue weighted by atomic mass is 16.5. The first kappa shape index (κ1) is 13.6. The Morgan fingerprint density at radius 3 is 2.76 bits per heavy atom. The zero-order chi connectivity index (χ0) is 12.5. The maximum Gasteiger partial charge on any atom is 0.134 e. The molecule has 0 radical (unpaired) electrons. The number of benzene rings is 1. The van der Waals surface area contributed by atoms with E-state index in [-0.39, 0.29) is 6.61 Å². The molecule has 1 rings (SSSR count). The summed E-state index contributed by atoms with van der Waals surface area (Å²) in [7, 11) is 4.02. The van der Waals surface area contributed by atoms with Crippen molar-refractivity contribution in [2.24, 2.45) is 0 Å². The van der Waals surface area contributed by atoms with Gasteiger partial charge in [-0.2, -0.15) is 0 Å². The normalized spacial score (nSPS) is 9.88. The third-order valence-electron chi connectivity index (χ3n) is 2.14. The molecule has 1 aromatic carbocycles. The Balaban J connectivity index is 2.62. The standard InChI is InChI=1S/C14H19NO2/c1-15(2)10-12-17-14-9-4-3-7-13(14)8-5-6-11-16/h3-4,7,9,16H,6,10-12H2,1-2H3. The van der Waals surface area contributed by atoms with Gasteiger partial charge in [-0.25, -0.2) is 0 Å². The lowest BCUT2D eigenvalue weighted by Crippen LogP contribution is -2.19. The van der Waals surface area contributed by atoms with E-state index in [1.807, 2.05) is 38.4 Å². The molecule has 3 nitrogen and oxygen atoms in total. The number of rotatable bonds is 5. The summed E-state index contributed by atoms with van der Waals surface area (Å²) < 4.78 is 5.67. The van der Waals surface area contributed by atoms with Gasteiger partial charge in [-0.15, -0.1) is 0 Å². The van der Waals surface area contributed by atoms with Crippen molar-refractivity contribution in [3.63, 3.8) is 0 Å². The minimum Gasteiger partial charge on any atom is -0.491 e. The first-order valence-corrected chi connectivity index (χ1v) is 5.70. The predicted octanol–water partition coefficient (Wildman–Crippen LogP) is 1.36. The molecule has 92 valence electrons. The van der Waals surface area contributed by atoms with E-state index in [1.54, 1.807) is 0 Å². The first-order valence-electron chi connectivity index (χ1n) is 5.70. The van der Waals surface area contributed by atoms with Crippen molar-refractivity contribution in [1.29, 1.82) is 0 Å². The number of hydrogen-bond acceptors (Lipinski definition) is 3. The molecule has 0 fully saturated rings. The summed E-state index contributed by atoms with van der Waals surface area (Å²) in [6, 6.07) is 7.71. The molecular formula is C14H19NO2. The van der Waals surface area contributed by atoms with Crippen LogP contribution in [0.25, 0.3) is 0 Å². The van der Waals surface area contributed by atoms with Gasteiger partial charge in [0.15, 0.2) is 0 Å². The van der Waals surface area contributed by atoms with Gasteiger partial charge in [0, 0.05) is 13.0 Å². The quantitative estimate of drug-likeness (QED) is 0.779. The topological polar surface area (TPSA) is 32.7 Å². The minimum atomic E-state index is 0.0939. The maximum atomic E-state index is 8.68. The summed E-state index contributed by atoms with van der Waals surface area (Å²) in [6.07, 6.45) is 0.492. The third-order valence-corrected chi connectivity index (χ3v) is 2.14. The zero-order valence-corrected chi connectivity index (χ0v) is 10.4. The van der Waals surface area contributed by atoms with Crippen molar-refractivity contribution in [3.05, 3.63) is 29.8 Å². The van der Waals surface area contributed by atoms with Gasteiger partial charge in [0.25, 0.3) is 0 Å². The van der Waals surface area contributed by atoms with E-state index in [0.29, 0.717) is 13.0 Å². The number of nitrogens with zero attached hydrogens (tertiary/aromatic N) is 1. The average Bonchev–Trinajstić information content (AvgIpc) is 2.31. The Hall–Kier alpha value is -1.50. The van der Waals surface area contributed by atoms with Gasteiger partial charge in [0.05, 0.1) is 12.2 Å². The van der Waals surface area contributed by atoms with Gasteiger partial charge in [-0.3, -0.25) is 0 Å². The fourth-order valence-corrected chi connectivity index (χ4v) is 1.25. The van der Waals surface area contributed by atoms with Gasteiger partial charge in [-0.05, 0) is 26.2 Å². The van der Waals surface area contributed by atoms with Gasteiger partial charge in [0.1, 0.15) is 12.4 Å². The Bertz CT molecular complexity index is 391. The second-order valence-electron chi connectivity index (χ2n) is 3.92.